The fourth-order valence-electron chi connectivity index (χ4n) is 6.46. The summed E-state index contributed by atoms with van der Waals surface area (Å²) in [4.78, 5) is 23.0. The smallest absolute Gasteiger partial charge is 0.538 e. The Bertz CT molecular complexity index is 541. The van der Waals surface area contributed by atoms with E-state index in [1.807, 2.05) is 0 Å². The van der Waals surface area contributed by atoms with Crippen LogP contribution in [0.25, 0.3) is 0 Å². The molecule has 7 heteroatoms. The predicted octanol–water partition coefficient (Wildman–Crippen LogP) is 3.38. The first-order chi connectivity index (χ1) is 11.9. The molecule has 4 rings (SSSR count). The van der Waals surface area contributed by atoms with Gasteiger partial charge in [0, 0.05) is 10.2 Å². The van der Waals surface area contributed by atoms with Crippen molar-refractivity contribution in [1.29, 1.82) is 0 Å². The molecule has 0 saturated heterocycles. The molecule has 0 aromatic carbocycles. The highest BCUT2D eigenvalue weighted by atomic mass is 35.5. The number of hydrogen-bond acceptors (Lipinski definition) is 3. The SMILES string of the molecule is CC[C@H](NC(=O)OCC12CC3CC4CC(C1)C4(C3)C2)C(=O)[OH2+].ClCCl. The highest BCUT2D eigenvalue weighted by molar-refractivity contribution is 6.40. The van der Waals surface area contributed by atoms with Gasteiger partial charge in [0.25, 0.3) is 0 Å². The molecular formula is C18H28Cl2NO4+. The molecule has 5 unspecified atom stereocenters. The van der Waals surface area contributed by atoms with Crippen molar-refractivity contribution >= 4 is 35.3 Å². The minimum Gasteiger partial charge on any atom is -0.563 e. The number of alkyl carbamates (subject to hydrolysis) is 1. The van der Waals surface area contributed by atoms with Crippen LogP contribution in [0.2, 0.25) is 0 Å². The van der Waals surface area contributed by atoms with Crippen molar-refractivity contribution in [2.24, 2.45) is 28.6 Å². The third-order valence-corrected chi connectivity index (χ3v) is 7.11. The molecule has 4 aliphatic carbocycles. The molecule has 4 saturated carbocycles. The van der Waals surface area contributed by atoms with Gasteiger partial charge in [-0.3, -0.25) is 0 Å². The monoisotopic (exact) mass is 392 g/mol. The second kappa shape index (κ2) is 7.15. The van der Waals surface area contributed by atoms with Gasteiger partial charge in [-0.05, 0) is 68.1 Å². The quantitative estimate of drug-likeness (QED) is 0.575. The summed E-state index contributed by atoms with van der Waals surface area (Å²) < 4.78 is 5.49. The van der Waals surface area contributed by atoms with Gasteiger partial charge in [0.2, 0.25) is 0 Å². The molecule has 25 heavy (non-hydrogen) atoms. The van der Waals surface area contributed by atoms with Gasteiger partial charge < -0.3 is 15.2 Å². The first kappa shape index (κ1) is 19.1. The van der Waals surface area contributed by atoms with Crippen LogP contribution in [0, 0.1) is 28.6 Å². The Morgan fingerprint density at radius 1 is 1.24 bits per heavy atom. The minimum atomic E-state index is -0.756. The van der Waals surface area contributed by atoms with E-state index in [0.29, 0.717) is 18.4 Å². The van der Waals surface area contributed by atoms with E-state index in [2.05, 4.69) is 5.32 Å². The molecule has 0 radical (unpaired) electrons. The van der Waals surface area contributed by atoms with Gasteiger partial charge in [-0.2, -0.15) is 0 Å². The van der Waals surface area contributed by atoms with Crippen molar-refractivity contribution in [3.63, 3.8) is 0 Å². The minimum absolute atomic E-state index is 0.194. The second-order valence-electron chi connectivity index (χ2n) is 8.40. The number of amides is 1. The number of ether oxygens (including phenoxy) is 1. The van der Waals surface area contributed by atoms with Crippen LogP contribution >= 0.6 is 23.2 Å². The van der Waals surface area contributed by atoms with Gasteiger partial charge in [-0.15, -0.1) is 23.2 Å². The number of nitrogens with one attached hydrogen (secondary N) is 1. The zero-order valence-electron chi connectivity index (χ0n) is 14.7. The lowest BCUT2D eigenvalue weighted by molar-refractivity contribution is -0.139. The molecule has 6 atom stereocenters. The van der Waals surface area contributed by atoms with E-state index in [1.54, 1.807) is 6.92 Å². The van der Waals surface area contributed by atoms with Crippen molar-refractivity contribution in [2.75, 3.05) is 11.9 Å². The van der Waals surface area contributed by atoms with Crippen LogP contribution in [0.5, 0.6) is 0 Å². The van der Waals surface area contributed by atoms with Crippen molar-refractivity contribution < 1.29 is 19.4 Å². The van der Waals surface area contributed by atoms with E-state index in [1.165, 1.54) is 38.5 Å². The van der Waals surface area contributed by atoms with Crippen LogP contribution in [0.3, 0.4) is 0 Å². The Morgan fingerprint density at radius 2 is 1.96 bits per heavy atom. The van der Waals surface area contributed by atoms with Crippen molar-refractivity contribution in [3.05, 3.63) is 0 Å². The Morgan fingerprint density at radius 3 is 2.60 bits per heavy atom. The highest BCUT2D eigenvalue weighted by Gasteiger charge is 2.70. The molecule has 3 bridgehead atoms. The van der Waals surface area contributed by atoms with E-state index in [9.17, 15) is 9.59 Å². The van der Waals surface area contributed by atoms with Gasteiger partial charge in [0.1, 0.15) is 0 Å². The van der Waals surface area contributed by atoms with Crippen LogP contribution in [-0.4, -0.2) is 35.2 Å². The molecule has 4 aliphatic rings. The Labute approximate surface area is 158 Å². The second-order valence-corrected chi connectivity index (χ2v) is 9.21. The third-order valence-electron chi connectivity index (χ3n) is 7.11. The fraction of sp³-hybridized carbons (Fsp3) is 0.889. The van der Waals surface area contributed by atoms with Crippen LogP contribution in [0.1, 0.15) is 51.9 Å². The van der Waals surface area contributed by atoms with Crippen LogP contribution in [-0.2, 0) is 9.53 Å². The largest absolute Gasteiger partial charge is 0.563 e. The number of fused-ring (bicyclic) bond motifs is 2. The summed E-state index contributed by atoms with van der Waals surface area (Å²) in [5.74, 6) is 1.91. The summed E-state index contributed by atoms with van der Waals surface area (Å²) in [6.45, 7) is 2.27. The van der Waals surface area contributed by atoms with Crippen molar-refractivity contribution in [2.45, 2.75) is 57.9 Å². The molecule has 5 nitrogen and oxygen atoms in total. The van der Waals surface area contributed by atoms with E-state index >= 15 is 0 Å². The van der Waals surface area contributed by atoms with Gasteiger partial charge in [0.05, 0.1) is 11.9 Å². The molecule has 0 aromatic heterocycles. The molecule has 0 heterocycles. The molecule has 4 fully saturated rings. The van der Waals surface area contributed by atoms with Crippen LogP contribution < -0.4 is 5.32 Å². The molecule has 3 N–H and O–H groups in total. The van der Waals surface area contributed by atoms with E-state index in [4.69, 9.17) is 33.0 Å². The highest BCUT2D eigenvalue weighted by Crippen LogP contribution is 2.78. The maximum Gasteiger partial charge on any atom is 0.538 e. The maximum atomic E-state index is 11.9. The summed E-state index contributed by atoms with van der Waals surface area (Å²) in [6, 6.07) is -0.740. The average molecular weight is 393 g/mol. The first-order valence-corrected chi connectivity index (χ1v) is 10.3. The lowest BCUT2D eigenvalue weighted by atomic mass is 9.55. The maximum absolute atomic E-state index is 11.9. The summed E-state index contributed by atoms with van der Waals surface area (Å²) >= 11 is 9.53. The summed E-state index contributed by atoms with van der Waals surface area (Å²) in [7, 11) is 0. The normalized spacial score (nSPS) is 40.4. The van der Waals surface area contributed by atoms with E-state index in [0.717, 1.165) is 17.8 Å². The topological polar surface area (TPSA) is 78.3 Å². The van der Waals surface area contributed by atoms with Crippen LogP contribution in [0.4, 0.5) is 4.79 Å². The molecule has 1 amide bonds. The third kappa shape index (κ3) is 3.34. The number of carbonyl (C=O) groups is 2. The standard InChI is InChI=1S/C17H25NO4.CH2Cl2/c1-2-13(14(19)20)18-15(21)22-9-16-5-10-3-11-4-12(7-16)17(11,6-10)8-16;2-1-3/h10-13H,2-9H2,1H3,(H,18,21)(H,19,20);1H2/p+1/t10?,11?,12?,13-,16?,17?;/m0./s1. The lowest BCUT2D eigenvalue weighted by Crippen LogP contribution is -2.43. The zero-order valence-corrected chi connectivity index (χ0v) is 16.2. The van der Waals surface area contributed by atoms with Crippen molar-refractivity contribution in [1.82, 2.24) is 5.32 Å². The summed E-state index contributed by atoms with van der Waals surface area (Å²) in [5.41, 5.74) is 0.800. The molecular weight excluding hydrogens is 365 g/mol. The van der Waals surface area contributed by atoms with Crippen molar-refractivity contribution in [3.8, 4) is 0 Å². The van der Waals surface area contributed by atoms with Gasteiger partial charge in [-0.1, -0.05) is 6.92 Å². The number of alkyl halides is 2. The fourth-order valence-corrected chi connectivity index (χ4v) is 6.46. The molecule has 0 aliphatic heterocycles. The van der Waals surface area contributed by atoms with Gasteiger partial charge in [0.15, 0.2) is 6.04 Å². The Balaban J connectivity index is 0.000000569. The summed E-state index contributed by atoms with van der Waals surface area (Å²) in [6.07, 6.45) is 7.79. The van der Waals surface area contributed by atoms with E-state index in [-0.39, 0.29) is 10.8 Å². The van der Waals surface area contributed by atoms with E-state index < -0.39 is 18.1 Å². The average Bonchev–Trinajstić information content (AvgIpc) is 2.87. The van der Waals surface area contributed by atoms with Gasteiger partial charge in [-0.25, -0.2) is 4.79 Å². The van der Waals surface area contributed by atoms with Gasteiger partial charge >= 0.3 is 12.1 Å². The zero-order chi connectivity index (χ0) is 18.2. The number of rotatable bonds is 5. The Hall–Kier alpha value is -0.680. The first-order valence-electron chi connectivity index (χ1n) is 9.18. The lowest BCUT2D eigenvalue weighted by Gasteiger charge is -2.49. The number of halogens is 2. The molecule has 142 valence electrons. The Kier molecular flexibility index (Phi) is 5.46. The molecule has 1 spiro atoms. The number of hydrogen-bond donors (Lipinski definition) is 1. The predicted molar refractivity (Wildman–Crippen MR) is 96.8 cm³/mol. The van der Waals surface area contributed by atoms with Crippen LogP contribution in [0.15, 0.2) is 0 Å². The summed E-state index contributed by atoms with van der Waals surface area (Å²) in [5, 5.41) is 9.84. The number of carbonyl (C=O) groups excluding carboxylic acids is 2. The molecule has 0 aromatic rings.